The Kier molecular flexibility index (Phi) is 1.66. The third-order valence-electron chi connectivity index (χ3n) is 1.94. The predicted molar refractivity (Wildman–Crippen MR) is 50.5 cm³/mol. The summed E-state index contributed by atoms with van der Waals surface area (Å²) < 4.78 is 25.2. The lowest BCUT2D eigenvalue weighted by Gasteiger charge is -2.12. The molecule has 3 nitrogen and oxygen atoms in total. The van der Waals surface area contributed by atoms with Crippen molar-refractivity contribution < 1.29 is 8.42 Å². The highest BCUT2D eigenvalue weighted by Crippen LogP contribution is 2.21. The van der Waals surface area contributed by atoms with Crippen molar-refractivity contribution in [3.05, 3.63) is 35.5 Å². The largest absolute Gasteiger partial charge is 0.286 e. The zero-order valence-electron chi connectivity index (χ0n) is 7.11. The van der Waals surface area contributed by atoms with Gasteiger partial charge in [-0.1, -0.05) is 17.7 Å². The summed E-state index contributed by atoms with van der Waals surface area (Å²) >= 11 is 0. The van der Waals surface area contributed by atoms with E-state index in [0.717, 1.165) is 11.1 Å². The Labute approximate surface area is 77.1 Å². The van der Waals surface area contributed by atoms with Crippen LogP contribution in [0.5, 0.6) is 0 Å². The number of rotatable bonds is 0. The molecule has 0 amide bonds. The number of fused-ring (bicyclic) bond motifs is 1. The maximum Gasteiger partial charge on any atom is 0.262 e. The van der Waals surface area contributed by atoms with Gasteiger partial charge in [0, 0.05) is 6.20 Å². The minimum Gasteiger partial charge on any atom is -0.286 e. The third kappa shape index (κ3) is 1.33. The van der Waals surface area contributed by atoms with E-state index in [1.165, 1.54) is 6.20 Å². The molecule has 1 aromatic carbocycles. The molecule has 1 aliphatic heterocycles. The van der Waals surface area contributed by atoms with Gasteiger partial charge in [0.15, 0.2) is 0 Å². The van der Waals surface area contributed by atoms with Crippen LogP contribution in [0.1, 0.15) is 11.1 Å². The Bertz CT molecular complexity index is 474. The molecule has 0 aromatic heterocycles. The maximum absolute atomic E-state index is 11.4. The Hall–Kier alpha value is -1.29. The number of benzene rings is 1. The van der Waals surface area contributed by atoms with Crippen LogP contribution in [0.15, 0.2) is 29.3 Å². The highest BCUT2D eigenvalue weighted by molar-refractivity contribution is 7.89. The SMILES string of the molecule is Cc1ccc2c(c1)C=CNS2(=O)=O. The van der Waals surface area contributed by atoms with Gasteiger partial charge in [0.1, 0.15) is 0 Å². The Morgan fingerprint density at radius 1 is 1.31 bits per heavy atom. The van der Waals surface area contributed by atoms with Gasteiger partial charge in [-0.15, -0.1) is 0 Å². The summed E-state index contributed by atoms with van der Waals surface area (Å²) in [6.45, 7) is 1.93. The summed E-state index contributed by atoms with van der Waals surface area (Å²) in [5.41, 5.74) is 1.80. The van der Waals surface area contributed by atoms with E-state index in [1.54, 1.807) is 18.2 Å². The molecule has 2 rings (SSSR count). The summed E-state index contributed by atoms with van der Waals surface area (Å²) in [6.07, 6.45) is 3.19. The fourth-order valence-corrected chi connectivity index (χ4v) is 2.38. The van der Waals surface area contributed by atoms with E-state index in [-0.39, 0.29) is 0 Å². The predicted octanol–water partition coefficient (Wildman–Crippen LogP) is 1.26. The van der Waals surface area contributed by atoms with Gasteiger partial charge in [-0.05, 0) is 24.6 Å². The van der Waals surface area contributed by atoms with Crippen LogP contribution in [0.25, 0.3) is 6.08 Å². The van der Waals surface area contributed by atoms with Crippen molar-refractivity contribution in [2.75, 3.05) is 0 Å². The molecular formula is C9H9NO2S. The minimum absolute atomic E-state index is 0.348. The van der Waals surface area contributed by atoms with Gasteiger partial charge in [-0.3, -0.25) is 4.72 Å². The van der Waals surface area contributed by atoms with Crippen LogP contribution in [0.4, 0.5) is 0 Å². The number of aryl methyl sites for hydroxylation is 1. The zero-order valence-corrected chi connectivity index (χ0v) is 7.93. The van der Waals surface area contributed by atoms with Crippen molar-refractivity contribution in [3.63, 3.8) is 0 Å². The number of sulfonamides is 1. The molecule has 1 N–H and O–H groups in total. The van der Waals surface area contributed by atoms with Crippen molar-refractivity contribution in [2.45, 2.75) is 11.8 Å². The molecule has 1 heterocycles. The zero-order chi connectivity index (χ0) is 9.47. The van der Waals surface area contributed by atoms with Gasteiger partial charge >= 0.3 is 0 Å². The highest BCUT2D eigenvalue weighted by atomic mass is 32.2. The first-order valence-electron chi connectivity index (χ1n) is 3.89. The number of hydrogen-bond donors (Lipinski definition) is 1. The van der Waals surface area contributed by atoms with Gasteiger partial charge in [0.25, 0.3) is 10.0 Å². The summed E-state index contributed by atoms with van der Waals surface area (Å²) in [4.78, 5) is 0.348. The van der Waals surface area contributed by atoms with E-state index in [2.05, 4.69) is 4.72 Å². The molecule has 4 heteroatoms. The van der Waals surface area contributed by atoms with E-state index in [4.69, 9.17) is 0 Å². The Morgan fingerprint density at radius 2 is 2.08 bits per heavy atom. The second-order valence-corrected chi connectivity index (χ2v) is 4.68. The lowest BCUT2D eigenvalue weighted by Crippen LogP contribution is -2.21. The second kappa shape index (κ2) is 2.60. The fraction of sp³-hybridized carbons (Fsp3) is 0.111. The van der Waals surface area contributed by atoms with Gasteiger partial charge < -0.3 is 0 Å². The van der Waals surface area contributed by atoms with E-state index >= 15 is 0 Å². The topological polar surface area (TPSA) is 46.2 Å². The van der Waals surface area contributed by atoms with E-state index in [0.29, 0.717) is 4.90 Å². The van der Waals surface area contributed by atoms with Crippen LogP contribution in [0.2, 0.25) is 0 Å². The van der Waals surface area contributed by atoms with Gasteiger partial charge in [-0.2, -0.15) is 0 Å². The molecule has 0 unspecified atom stereocenters. The maximum atomic E-state index is 11.4. The molecule has 0 aliphatic carbocycles. The van der Waals surface area contributed by atoms with Crippen LogP contribution in [0.3, 0.4) is 0 Å². The minimum atomic E-state index is -3.30. The average Bonchev–Trinajstić information content (AvgIpc) is 2.02. The standard InChI is InChI=1S/C9H9NO2S/c1-7-2-3-9-8(6-7)4-5-10-13(9,11)12/h2-6,10H,1H3. The molecule has 0 bridgehead atoms. The summed E-state index contributed by atoms with van der Waals surface area (Å²) in [7, 11) is -3.30. The van der Waals surface area contributed by atoms with Gasteiger partial charge in [-0.25, -0.2) is 8.42 Å². The molecular weight excluding hydrogens is 186 g/mol. The van der Waals surface area contributed by atoms with Crippen molar-refractivity contribution >= 4 is 16.1 Å². The molecule has 0 spiro atoms. The molecule has 13 heavy (non-hydrogen) atoms. The monoisotopic (exact) mass is 195 g/mol. The van der Waals surface area contributed by atoms with Gasteiger partial charge in [0.2, 0.25) is 0 Å². The van der Waals surface area contributed by atoms with Crippen molar-refractivity contribution in [1.29, 1.82) is 0 Å². The number of nitrogens with one attached hydrogen (secondary N) is 1. The summed E-state index contributed by atoms with van der Waals surface area (Å²) in [5, 5.41) is 0. The van der Waals surface area contributed by atoms with Crippen molar-refractivity contribution in [2.24, 2.45) is 0 Å². The van der Waals surface area contributed by atoms with Crippen molar-refractivity contribution in [1.82, 2.24) is 4.72 Å². The first kappa shape index (κ1) is 8.31. The molecule has 1 aromatic rings. The smallest absolute Gasteiger partial charge is 0.262 e. The van der Waals surface area contributed by atoms with E-state index < -0.39 is 10.0 Å². The average molecular weight is 195 g/mol. The molecule has 68 valence electrons. The Balaban J connectivity index is 2.75. The first-order valence-corrected chi connectivity index (χ1v) is 5.37. The Morgan fingerprint density at radius 3 is 2.85 bits per heavy atom. The molecule has 0 atom stereocenters. The molecule has 1 aliphatic rings. The van der Waals surface area contributed by atoms with Crippen LogP contribution in [0, 0.1) is 6.92 Å². The van der Waals surface area contributed by atoms with Gasteiger partial charge in [0.05, 0.1) is 4.90 Å². The lowest BCUT2D eigenvalue weighted by molar-refractivity contribution is 0.589. The van der Waals surface area contributed by atoms with Crippen LogP contribution < -0.4 is 4.72 Å². The van der Waals surface area contributed by atoms with Crippen LogP contribution in [-0.4, -0.2) is 8.42 Å². The summed E-state index contributed by atoms with van der Waals surface area (Å²) in [6, 6.07) is 5.26. The molecule has 0 saturated heterocycles. The van der Waals surface area contributed by atoms with Crippen LogP contribution >= 0.6 is 0 Å². The molecule has 0 saturated carbocycles. The normalized spacial score (nSPS) is 17.6. The lowest BCUT2D eigenvalue weighted by atomic mass is 10.1. The third-order valence-corrected chi connectivity index (χ3v) is 3.34. The van der Waals surface area contributed by atoms with E-state index in [9.17, 15) is 8.42 Å². The van der Waals surface area contributed by atoms with E-state index in [1.807, 2.05) is 13.0 Å². The number of hydrogen-bond acceptors (Lipinski definition) is 2. The van der Waals surface area contributed by atoms with Crippen LogP contribution in [-0.2, 0) is 10.0 Å². The molecule has 0 fully saturated rings. The molecule has 0 radical (unpaired) electrons. The second-order valence-electron chi connectivity index (χ2n) is 3.00. The van der Waals surface area contributed by atoms with Crippen molar-refractivity contribution in [3.8, 4) is 0 Å². The first-order chi connectivity index (χ1) is 6.09. The highest BCUT2D eigenvalue weighted by Gasteiger charge is 2.18. The fourth-order valence-electron chi connectivity index (χ4n) is 1.32. The quantitative estimate of drug-likeness (QED) is 0.677. The summed E-state index contributed by atoms with van der Waals surface area (Å²) in [5.74, 6) is 0.